The molecule has 1 atom stereocenters. The lowest BCUT2D eigenvalue weighted by Gasteiger charge is -2.25. The Morgan fingerprint density at radius 3 is 2.76 bits per heavy atom. The van der Waals surface area contributed by atoms with Crippen molar-refractivity contribution < 1.29 is 9.13 Å². The highest BCUT2D eigenvalue weighted by Crippen LogP contribution is 2.27. The number of nitrogens with zero attached hydrogens (tertiary/aromatic N) is 2. The van der Waals surface area contributed by atoms with Gasteiger partial charge in [0.15, 0.2) is 0 Å². The van der Waals surface area contributed by atoms with Crippen LogP contribution in [0.1, 0.15) is 32.6 Å². The zero-order valence-electron chi connectivity index (χ0n) is 12.8. The molecule has 2 rings (SSSR count). The first-order chi connectivity index (χ1) is 10.1. The third-order valence-electron chi connectivity index (χ3n) is 3.64. The first-order valence-corrected chi connectivity index (χ1v) is 7.92. The molecule has 2 aromatic rings. The molecule has 0 N–H and O–H groups in total. The van der Waals surface area contributed by atoms with Gasteiger partial charge in [-0.25, -0.2) is 9.37 Å². The number of benzene rings is 1. The van der Waals surface area contributed by atoms with Crippen LogP contribution in [0, 0.1) is 11.7 Å². The number of aryl methyl sites for hydroxylation is 1. The summed E-state index contributed by atoms with van der Waals surface area (Å²) in [5.74, 6) is 1.50. The topological polar surface area (TPSA) is 27.1 Å². The number of ether oxygens (including phenoxy) is 1. The van der Waals surface area contributed by atoms with Gasteiger partial charge in [0, 0.05) is 25.0 Å². The second-order valence-electron chi connectivity index (χ2n) is 5.44. The normalized spacial score (nSPS) is 13.2. The van der Waals surface area contributed by atoms with Crippen molar-refractivity contribution >= 4 is 22.6 Å². The summed E-state index contributed by atoms with van der Waals surface area (Å²) in [7, 11) is 0. The highest BCUT2D eigenvalue weighted by molar-refractivity contribution is 6.17. The molecule has 0 aliphatic rings. The fourth-order valence-electron chi connectivity index (χ4n) is 2.56. The molecule has 1 aromatic carbocycles. The van der Waals surface area contributed by atoms with E-state index < -0.39 is 0 Å². The van der Waals surface area contributed by atoms with E-state index in [1.807, 2.05) is 6.92 Å². The Bertz CT molecular complexity index is 597. The Balaban J connectivity index is 2.53. The number of fused-ring (bicyclic) bond motifs is 1. The molecule has 1 unspecified atom stereocenters. The Morgan fingerprint density at radius 1 is 1.38 bits per heavy atom. The van der Waals surface area contributed by atoms with Crippen LogP contribution in [0.25, 0.3) is 11.0 Å². The maximum absolute atomic E-state index is 13.4. The van der Waals surface area contributed by atoms with Crippen LogP contribution in [0.15, 0.2) is 18.2 Å². The molecule has 0 aliphatic carbocycles. The number of halogens is 2. The maximum atomic E-state index is 13.4. The summed E-state index contributed by atoms with van der Waals surface area (Å²) in [6, 6.07) is 4.90. The first-order valence-electron chi connectivity index (χ1n) is 7.38. The summed E-state index contributed by atoms with van der Waals surface area (Å²) in [4.78, 5) is 4.56. The van der Waals surface area contributed by atoms with Crippen LogP contribution in [-0.2, 0) is 11.2 Å². The quantitative estimate of drug-likeness (QED) is 0.717. The summed E-state index contributed by atoms with van der Waals surface area (Å²) in [5.41, 5.74) is 1.62. The summed E-state index contributed by atoms with van der Waals surface area (Å²) in [6.07, 6.45) is 0.660. The van der Waals surface area contributed by atoms with Crippen molar-refractivity contribution in [1.29, 1.82) is 0 Å². The smallest absolute Gasteiger partial charge is 0.125 e. The molecule has 1 aromatic heterocycles. The molecule has 116 valence electrons. The fourth-order valence-corrected chi connectivity index (χ4v) is 2.73. The van der Waals surface area contributed by atoms with Crippen LogP contribution in [0.5, 0.6) is 0 Å². The number of rotatable bonds is 7. The van der Waals surface area contributed by atoms with E-state index in [4.69, 9.17) is 16.3 Å². The van der Waals surface area contributed by atoms with Gasteiger partial charge in [0.2, 0.25) is 0 Å². The van der Waals surface area contributed by atoms with Gasteiger partial charge < -0.3 is 9.30 Å². The van der Waals surface area contributed by atoms with Crippen LogP contribution in [-0.4, -0.2) is 28.6 Å². The maximum Gasteiger partial charge on any atom is 0.125 e. The van der Waals surface area contributed by atoms with E-state index in [0.717, 1.165) is 11.3 Å². The Morgan fingerprint density at radius 2 is 2.14 bits per heavy atom. The molecular formula is C16H22ClFN2O. The number of hydrogen-bond donors (Lipinski definition) is 0. The Kier molecular flexibility index (Phi) is 5.59. The number of imidazole rings is 1. The minimum absolute atomic E-state index is 0.165. The highest BCUT2D eigenvalue weighted by atomic mass is 35.5. The van der Waals surface area contributed by atoms with Crippen molar-refractivity contribution in [2.45, 2.75) is 33.2 Å². The largest absolute Gasteiger partial charge is 0.380 e. The third kappa shape index (κ3) is 3.55. The molecule has 1 heterocycles. The van der Waals surface area contributed by atoms with Crippen LogP contribution >= 0.6 is 11.6 Å². The van der Waals surface area contributed by atoms with Gasteiger partial charge in [0.25, 0.3) is 0 Å². The molecule has 0 aliphatic heterocycles. The minimum Gasteiger partial charge on any atom is -0.380 e. The lowest BCUT2D eigenvalue weighted by Crippen LogP contribution is -2.23. The summed E-state index contributed by atoms with van der Waals surface area (Å²) in [5, 5.41) is 0. The first kappa shape index (κ1) is 16.2. The lowest BCUT2D eigenvalue weighted by atomic mass is 10.0. The zero-order valence-corrected chi connectivity index (χ0v) is 13.5. The molecule has 0 amide bonds. The van der Waals surface area contributed by atoms with Crippen molar-refractivity contribution in [2.24, 2.45) is 5.92 Å². The van der Waals surface area contributed by atoms with E-state index in [9.17, 15) is 4.39 Å². The van der Waals surface area contributed by atoms with E-state index in [2.05, 4.69) is 23.4 Å². The van der Waals surface area contributed by atoms with Gasteiger partial charge in [-0.15, -0.1) is 11.6 Å². The lowest BCUT2D eigenvalue weighted by molar-refractivity contribution is 0.0969. The summed E-state index contributed by atoms with van der Waals surface area (Å²) in [6.45, 7) is 7.59. The molecule has 5 heteroatoms. The predicted molar refractivity (Wildman–Crippen MR) is 84.5 cm³/mol. The van der Waals surface area contributed by atoms with E-state index in [-0.39, 0.29) is 11.9 Å². The van der Waals surface area contributed by atoms with Gasteiger partial charge in [-0.2, -0.15) is 0 Å². The van der Waals surface area contributed by atoms with Crippen LogP contribution < -0.4 is 0 Å². The van der Waals surface area contributed by atoms with E-state index >= 15 is 0 Å². The monoisotopic (exact) mass is 312 g/mol. The van der Waals surface area contributed by atoms with Crippen molar-refractivity contribution in [3.63, 3.8) is 0 Å². The molecule has 0 bridgehead atoms. The molecule has 3 nitrogen and oxygen atoms in total. The van der Waals surface area contributed by atoms with Gasteiger partial charge in [0.05, 0.1) is 23.7 Å². The van der Waals surface area contributed by atoms with Gasteiger partial charge in [-0.3, -0.25) is 0 Å². The Labute approximate surface area is 130 Å². The van der Waals surface area contributed by atoms with E-state index in [1.54, 1.807) is 6.07 Å². The van der Waals surface area contributed by atoms with Crippen LogP contribution in [0.3, 0.4) is 0 Å². The molecule has 0 spiro atoms. The average Bonchev–Trinajstić information content (AvgIpc) is 2.77. The standard InChI is InChI=1S/C16H22ClFN2O/c1-4-21-10-15(11(2)3)20-14-6-5-12(18)9-13(14)19-16(20)7-8-17/h5-6,9,11,15H,4,7-8,10H2,1-3H3. The molecule has 0 saturated carbocycles. The van der Waals surface area contributed by atoms with Gasteiger partial charge >= 0.3 is 0 Å². The van der Waals surface area contributed by atoms with Crippen molar-refractivity contribution in [2.75, 3.05) is 19.1 Å². The predicted octanol–water partition coefficient (Wildman–Crippen LogP) is 4.19. The van der Waals surface area contributed by atoms with Crippen molar-refractivity contribution in [1.82, 2.24) is 9.55 Å². The Hall–Kier alpha value is -1.13. The van der Waals surface area contributed by atoms with E-state index in [0.29, 0.717) is 36.9 Å². The van der Waals surface area contributed by atoms with Crippen molar-refractivity contribution in [3.8, 4) is 0 Å². The SMILES string of the molecule is CCOCC(C(C)C)n1c(CCCl)nc2cc(F)ccc21. The summed E-state index contributed by atoms with van der Waals surface area (Å²) < 4.78 is 21.2. The third-order valence-corrected chi connectivity index (χ3v) is 3.83. The number of hydrogen-bond acceptors (Lipinski definition) is 2. The fraction of sp³-hybridized carbons (Fsp3) is 0.562. The summed E-state index contributed by atoms with van der Waals surface area (Å²) >= 11 is 5.90. The van der Waals surface area contributed by atoms with E-state index in [1.165, 1.54) is 12.1 Å². The number of aromatic nitrogens is 2. The second kappa shape index (κ2) is 7.23. The molecular weight excluding hydrogens is 291 g/mol. The van der Waals surface area contributed by atoms with Gasteiger partial charge in [0.1, 0.15) is 11.6 Å². The number of alkyl halides is 1. The molecule has 0 fully saturated rings. The average molecular weight is 313 g/mol. The highest BCUT2D eigenvalue weighted by Gasteiger charge is 2.22. The molecule has 0 radical (unpaired) electrons. The van der Waals surface area contributed by atoms with Gasteiger partial charge in [-0.05, 0) is 25.0 Å². The van der Waals surface area contributed by atoms with Crippen molar-refractivity contribution in [3.05, 3.63) is 29.8 Å². The molecule has 0 saturated heterocycles. The van der Waals surface area contributed by atoms with Gasteiger partial charge in [-0.1, -0.05) is 13.8 Å². The van der Waals surface area contributed by atoms with Crippen LogP contribution in [0.2, 0.25) is 0 Å². The molecule has 21 heavy (non-hydrogen) atoms. The zero-order chi connectivity index (χ0) is 15.4. The van der Waals surface area contributed by atoms with Crippen LogP contribution in [0.4, 0.5) is 4.39 Å². The minimum atomic E-state index is -0.268. The second-order valence-corrected chi connectivity index (χ2v) is 5.82.